The lowest BCUT2D eigenvalue weighted by molar-refractivity contribution is -0.112. The third-order valence-electron chi connectivity index (χ3n) is 5.17. The standard InChI is InChI=1S/C15H18O/c16-15(13-7-9-1-3-11(13)5-9)14-8-10-2-4-12(14)6-10/h9-10H,1-8H2. The molecule has 4 aliphatic carbocycles. The number of rotatable bonds is 2. The molecule has 0 amide bonds. The molecule has 0 radical (unpaired) electrons. The second-order valence-corrected chi connectivity index (χ2v) is 6.12. The zero-order valence-corrected chi connectivity index (χ0v) is 9.72. The van der Waals surface area contributed by atoms with E-state index in [9.17, 15) is 4.79 Å². The Labute approximate surface area is 96.6 Å². The number of Topliss-reactive ketones (excluding diaryl/α,β-unsaturated/α-hetero) is 1. The highest BCUT2D eigenvalue weighted by Crippen LogP contribution is 2.49. The minimum absolute atomic E-state index is 0.467. The van der Waals surface area contributed by atoms with Crippen LogP contribution in [0.5, 0.6) is 0 Å². The molecule has 2 fully saturated rings. The van der Waals surface area contributed by atoms with Crippen molar-refractivity contribution in [3.63, 3.8) is 0 Å². The van der Waals surface area contributed by atoms with Crippen LogP contribution in [0, 0.1) is 11.8 Å². The maximum absolute atomic E-state index is 12.5. The van der Waals surface area contributed by atoms with Gasteiger partial charge in [-0.1, -0.05) is 11.1 Å². The molecule has 0 heterocycles. The molecule has 1 heteroatoms. The van der Waals surface area contributed by atoms with Gasteiger partial charge >= 0.3 is 0 Å². The van der Waals surface area contributed by atoms with Crippen LogP contribution in [0.15, 0.2) is 22.3 Å². The van der Waals surface area contributed by atoms with E-state index < -0.39 is 0 Å². The first-order valence-electron chi connectivity index (χ1n) is 6.77. The molecule has 4 rings (SSSR count). The van der Waals surface area contributed by atoms with Gasteiger partial charge in [0.1, 0.15) is 0 Å². The van der Waals surface area contributed by atoms with E-state index in [1.807, 2.05) is 0 Å². The highest BCUT2D eigenvalue weighted by atomic mass is 16.1. The number of hydrogen-bond donors (Lipinski definition) is 0. The van der Waals surface area contributed by atoms with Gasteiger partial charge in [-0.25, -0.2) is 0 Å². The van der Waals surface area contributed by atoms with Crippen molar-refractivity contribution in [1.29, 1.82) is 0 Å². The second-order valence-electron chi connectivity index (χ2n) is 6.12. The number of carbonyl (C=O) groups is 1. The van der Waals surface area contributed by atoms with Crippen molar-refractivity contribution in [2.75, 3.05) is 0 Å². The average Bonchev–Trinajstić information content (AvgIpc) is 3.06. The lowest BCUT2D eigenvalue weighted by Gasteiger charge is -2.15. The minimum Gasteiger partial charge on any atom is -0.289 e. The van der Waals surface area contributed by atoms with Crippen LogP contribution in [0.2, 0.25) is 0 Å². The van der Waals surface area contributed by atoms with Crippen LogP contribution in [0.1, 0.15) is 51.4 Å². The summed E-state index contributed by atoms with van der Waals surface area (Å²) in [5, 5.41) is 0. The van der Waals surface area contributed by atoms with Gasteiger partial charge in [-0.2, -0.15) is 0 Å². The molecule has 2 atom stereocenters. The summed E-state index contributed by atoms with van der Waals surface area (Å²) in [5.41, 5.74) is 5.52. The predicted octanol–water partition coefficient (Wildman–Crippen LogP) is 3.56. The molecule has 0 saturated heterocycles. The summed E-state index contributed by atoms with van der Waals surface area (Å²) >= 11 is 0. The van der Waals surface area contributed by atoms with E-state index in [4.69, 9.17) is 0 Å². The van der Waals surface area contributed by atoms with Crippen LogP contribution in [0.4, 0.5) is 0 Å². The molecule has 0 aromatic heterocycles. The molecular formula is C15H18O. The van der Waals surface area contributed by atoms with E-state index in [0.717, 1.165) is 24.7 Å². The van der Waals surface area contributed by atoms with Gasteiger partial charge in [0.05, 0.1) is 0 Å². The van der Waals surface area contributed by atoms with Gasteiger partial charge in [0, 0.05) is 0 Å². The van der Waals surface area contributed by atoms with E-state index in [-0.39, 0.29) is 0 Å². The van der Waals surface area contributed by atoms with Crippen LogP contribution >= 0.6 is 0 Å². The monoisotopic (exact) mass is 214 g/mol. The van der Waals surface area contributed by atoms with Crippen molar-refractivity contribution in [2.24, 2.45) is 11.8 Å². The lowest BCUT2D eigenvalue weighted by atomic mass is 9.88. The molecule has 0 aliphatic heterocycles. The lowest BCUT2D eigenvalue weighted by Crippen LogP contribution is -2.11. The van der Waals surface area contributed by atoms with E-state index in [2.05, 4.69) is 0 Å². The first kappa shape index (κ1) is 9.21. The predicted molar refractivity (Wildman–Crippen MR) is 63.0 cm³/mol. The third kappa shape index (κ3) is 1.15. The van der Waals surface area contributed by atoms with Gasteiger partial charge in [0.2, 0.25) is 0 Å². The van der Waals surface area contributed by atoms with Crippen molar-refractivity contribution in [2.45, 2.75) is 51.4 Å². The first-order valence-corrected chi connectivity index (χ1v) is 6.77. The largest absolute Gasteiger partial charge is 0.289 e. The van der Waals surface area contributed by atoms with Crippen molar-refractivity contribution in [3.05, 3.63) is 22.3 Å². The molecule has 0 spiro atoms. The Kier molecular flexibility index (Phi) is 1.78. The Morgan fingerprint density at radius 2 is 1.31 bits per heavy atom. The van der Waals surface area contributed by atoms with Gasteiger partial charge in [-0.15, -0.1) is 0 Å². The highest BCUT2D eigenvalue weighted by Gasteiger charge is 2.38. The molecular weight excluding hydrogens is 196 g/mol. The summed E-state index contributed by atoms with van der Waals surface area (Å²) in [6.45, 7) is 0. The molecule has 4 bridgehead atoms. The minimum atomic E-state index is 0.467. The Bertz CT molecular complexity index is 398. The molecule has 2 unspecified atom stereocenters. The van der Waals surface area contributed by atoms with Gasteiger partial charge < -0.3 is 0 Å². The van der Waals surface area contributed by atoms with Crippen LogP contribution in [-0.2, 0) is 4.79 Å². The summed E-state index contributed by atoms with van der Waals surface area (Å²) in [6, 6.07) is 0. The van der Waals surface area contributed by atoms with Crippen molar-refractivity contribution in [3.8, 4) is 0 Å². The van der Waals surface area contributed by atoms with Gasteiger partial charge in [-0.3, -0.25) is 4.79 Å². The molecule has 2 saturated carbocycles. The van der Waals surface area contributed by atoms with E-state index >= 15 is 0 Å². The maximum atomic E-state index is 12.5. The second kappa shape index (κ2) is 3.09. The zero-order chi connectivity index (χ0) is 10.7. The van der Waals surface area contributed by atoms with Crippen molar-refractivity contribution in [1.82, 2.24) is 0 Å². The number of fused-ring (bicyclic) bond motifs is 4. The first-order chi connectivity index (χ1) is 7.81. The van der Waals surface area contributed by atoms with E-state index in [0.29, 0.717) is 5.78 Å². The molecule has 0 aromatic carbocycles. The quantitative estimate of drug-likeness (QED) is 0.687. The van der Waals surface area contributed by atoms with Crippen molar-refractivity contribution < 1.29 is 4.79 Å². The number of hydrogen-bond acceptors (Lipinski definition) is 1. The molecule has 4 aliphatic rings. The van der Waals surface area contributed by atoms with Gasteiger partial charge in [0.15, 0.2) is 5.78 Å². The fourth-order valence-corrected chi connectivity index (χ4v) is 4.31. The summed E-state index contributed by atoms with van der Waals surface area (Å²) < 4.78 is 0. The van der Waals surface area contributed by atoms with Crippen LogP contribution in [-0.4, -0.2) is 5.78 Å². The smallest absolute Gasteiger partial charge is 0.184 e. The highest BCUT2D eigenvalue weighted by molar-refractivity contribution is 6.10. The topological polar surface area (TPSA) is 17.1 Å². The molecule has 0 N–H and O–H groups in total. The Morgan fingerprint density at radius 1 is 0.812 bits per heavy atom. The molecule has 0 aromatic rings. The Balaban J connectivity index is 1.68. The Morgan fingerprint density at radius 3 is 1.62 bits per heavy atom. The summed E-state index contributed by atoms with van der Waals surface area (Å²) in [6.07, 6.45) is 9.84. The van der Waals surface area contributed by atoms with Gasteiger partial charge in [0.25, 0.3) is 0 Å². The van der Waals surface area contributed by atoms with E-state index in [1.54, 1.807) is 0 Å². The van der Waals surface area contributed by atoms with Crippen LogP contribution < -0.4 is 0 Å². The maximum Gasteiger partial charge on any atom is 0.184 e. The molecule has 84 valence electrons. The number of allylic oxidation sites excluding steroid dienone is 4. The Hall–Kier alpha value is -0.850. The summed E-state index contributed by atoms with van der Waals surface area (Å²) in [7, 11) is 0. The summed E-state index contributed by atoms with van der Waals surface area (Å²) in [5.74, 6) is 2.13. The van der Waals surface area contributed by atoms with Crippen LogP contribution in [0.3, 0.4) is 0 Å². The van der Waals surface area contributed by atoms with E-state index in [1.165, 1.54) is 60.8 Å². The molecule has 1 nitrogen and oxygen atoms in total. The fourth-order valence-electron chi connectivity index (χ4n) is 4.31. The number of ketones is 1. The van der Waals surface area contributed by atoms with Gasteiger partial charge in [-0.05, 0) is 74.3 Å². The number of carbonyl (C=O) groups excluding carboxylic acids is 1. The van der Waals surface area contributed by atoms with Crippen LogP contribution in [0.25, 0.3) is 0 Å². The normalized spacial score (nSPS) is 35.8. The summed E-state index contributed by atoms with van der Waals surface area (Å²) in [4.78, 5) is 12.5. The zero-order valence-electron chi connectivity index (χ0n) is 9.72. The third-order valence-corrected chi connectivity index (χ3v) is 5.17. The van der Waals surface area contributed by atoms with Crippen molar-refractivity contribution >= 4 is 5.78 Å². The molecule has 16 heavy (non-hydrogen) atoms. The SMILES string of the molecule is O=C(C1=C2CCC(C2)C1)C1=C2CCC(C2)C1. The average molecular weight is 214 g/mol. The fraction of sp³-hybridized carbons (Fsp3) is 0.667.